The molecule has 0 radical (unpaired) electrons. The highest BCUT2D eigenvalue weighted by atomic mass is 127. The van der Waals surface area contributed by atoms with Crippen LogP contribution in [0.2, 0.25) is 0 Å². The van der Waals surface area contributed by atoms with Crippen LogP contribution in [-0.2, 0) is 9.53 Å². The summed E-state index contributed by atoms with van der Waals surface area (Å²) >= 11 is 2.14. The normalized spacial score (nSPS) is 18.2. The van der Waals surface area contributed by atoms with Gasteiger partial charge in [-0.3, -0.25) is 9.59 Å². The Morgan fingerprint density at radius 2 is 2.25 bits per heavy atom. The predicted molar refractivity (Wildman–Crippen MR) is 83.4 cm³/mol. The maximum atomic E-state index is 12.5. The number of carbonyl (C=O) groups is 2. The average Bonchev–Trinajstić information content (AvgIpc) is 2.57. The van der Waals surface area contributed by atoms with Crippen LogP contribution in [0.5, 0.6) is 5.75 Å². The zero-order valence-corrected chi connectivity index (χ0v) is 13.5. The van der Waals surface area contributed by atoms with Crippen LogP contribution >= 0.6 is 22.9 Å². The van der Waals surface area contributed by atoms with E-state index in [1.165, 1.54) is 0 Å². The van der Waals surface area contributed by atoms with Crippen molar-refractivity contribution in [1.82, 2.24) is 0 Å². The number of benzene rings is 1. The molecule has 1 aromatic rings. The van der Waals surface area contributed by atoms with E-state index in [2.05, 4.69) is 22.9 Å². The number of methoxy groups -OCH3 is 1. The number of ether oxygens (including phenoxy) is 2. The lowest BCUT2D eigenvalue weighted by Crippen LogP contribution is -2.26. The van der Waals surface area contributed by atoms with Gasteiger partial charge in [-0.05, 0) is 25.5 Å². The number of rotatable bonds is 3. The lowest BCUT2D eigenvalue weighted by Gasteiger charge is -2.16. The number of Topliss-reactive ketones (excluding diaryl/α,β-unsaturated/α-hetero) is 1. The van der Waals surface area contributed by atoms with Gasteiger partial charge in [-0.1, -0.05) is 0 Å². The van der Waals surface area contributed by atoms with Crippen molar-refractivity contribution in [2.75, 3.05) is 23.4 Å². The smallest absolute Gasteiger partial charge is 0.316 e. The molecule has 20 heavy (non-hydrogen) atoms. The Kier molecular flexibility index (Phi) is 4.85. The molecule has 0 bridgehead atoms. The highest BCUT2D eigenvalue weighted by Gasteiger charge is 2.34. The summed E-state index contributed by atoms with van der Waals surface area (Å²) < 4.78 is 12.1. The molecule has 1 heterocycles. The number of nitrogens with zero attached hydrogens (tertiary/aromatic N) is 1. The van der Waals surface area contributed by atoms with Gasteiger partial charge in [-0.2, -0.15) is 0 Å². The predicted octanol–water partition coefficient (Wildman–Crippen LogP) is 2.62. The van der Waals surface area contributed by atoms with Crippen LogP contribution in [0.1, 0.15) is 23.7 Å². The monoisotopic (exact) mass is 389 g/mol. The summed E-state index contributed by atoms with van der Waals surface area (Å²) in [7, 11) is 1.58. The molecule has 1 atom stereocenters. The van der Waals surface area contributed by atoms with Crippen LogP contribution in [0, 0.1) is 5.92 Å². The summed E-state index contributed by atoms with van der Waals surface area (Å²) in [5.74, 6) is -0.652. The SMILES string of the molecule is CCOC(=O)C1CCN(I)c2cc(OC)ccc2C1=O. The molecule has 1 unspecified atom stereocenters. The largest absolute Gasteiger partial charge is 0.497 e. The lowest BCUT2D eigenvalue weighted by molar-refractivity contribution is -0.146. The standard InChI is InChI=1S/C14H16INO4/c1-3-20-14(18)11-6-7-16(15)12-8-9(19-2)4-5-10(12)13(11)17/h4-5,8,11H,3,6-7H2,1-2H3. The van der Waals surface area contributed by atoms with Gasteiger partial charge in [-0.25, -0.2) is 0 Å². The van der Waals surface area contributed by atoms with Gasteiger partial charge < -0.3 is 12.6 Å². The van der Waals surface area contributed by atoms with Gasteiger partial charge in [0.1, 0.15) is 11.7 Å². The third-order valence-corrected chi connectivity index (χ3v) is 4.24. The third-order valence-electron chi connectivity index (χ3n) is 3.23. The second kappa shape index (κ2) is 6.43. The second-order valence-electron chi connectivity index (χ2n) is 4.43. The number of fused-ring (bicyclic) bond motifs is 1. The number of hydrogen-bond donors (Lipinski definition) is 0. The molecule has 1 aromatic carbocycles. The van der Waals surface area contributed by atoms with E-state index < -0.39 is 11.9 Å². The van der Waals surface area contributed by atoms with Crippen molar-refractivity contribution in [3.05, 3.63) is 23.8 Å². The van der Waals surface area contributed by atoms with Crippen LogP contribution < -0.4 is 7.85 Å². The molecular formula is C14H16INO4. The van der Waals surface area contributed by atoms with Crippen molar-refractivity contribution in [3.8, 4) is 5.75 Å². The first-order valence-corrected chi connectivity index (χ1v) is 7.37. The van der Waals surface area contributed by atoms with Crippen LogP contribution in [-0.4, -0.2) is 32.0 Å². The van der Waals surface area contributed by atoms with Gasteiger partial charge in [0.25, 0.3) is 0 Å². The van der Waals surface area contributed by atoms with Crippen molar-refractivity contribution in [2.45, 2.75) is 13.3 Å². The van der Waals surface area contributed by atoms with Crippen LogP contribution in [0.3, 0.4) is 0 Å². The Morgan fingerprint density at radius 1 is 1.50 bits per heavy atom. The highest BCUT2D eigenvalue weighted by molar-refractivity contribution is 14.1. The van der Waals surface area contributed by atoms with E-state index >= 15 is 0 Å². The number of hydrogen-bond acceptors (Lipinski definition) is 5. The molecule has 1 aliphatic heterocycles. The minimum Gasteiger partial charge on any atom is -0.497 e. The topological polar surface area (TPSA) is 55.8 Å². The van der Waals surface area contributed by atoms with E-state index in [1.807, 2.05) is 9.18 Å². The van der Waals surface area contributed by atoms with Gasteiger partial charge in [0, 0.05) is 18.2 Å². The Labute approximate surface area is 131 Å². The van der Waals surface area contributed by atoms with E-state index in [9.17, 15) is 9.59 Å². The third kappa shape index (κ3) is 2.89. The van der Waals surface area contributed by atoms with E-state index in [-0.39, 0.29) is 12.4 Å². The fourth-order valence-corrected chi connectivity index (χ4v) is 2.87. The molecule has 0 aliphatic carbocycles. The Hall–Kier alpha value is -1.31. The molecule has 1 aliphatic rings. The van der Waals surface area contributed by atoms with Crippen molar-refractivity contribution in [1.29, 1.82) is 0 Å². The molecule has 108 valence electrons. The van der Waals surface area contributed by atoms with Gasteiger partial charge in [-0.15, -0.1) is 0 Å². The first-order valence-electron chi connectivity index (χ1n) is 6.40. The molecule has 0 spiro atoms. The molecule has 2 rings (SSSR count). The number of halogens is 1. The van der Waals surface area contributed by atoms with Crippen LogP contribution in [0.15, 0.2) is 18.2 Å². The molecule has 5 nitrogen and oxygen atoms in total. The maximum absolute atomic E-state index is 12.5. The molecule has 0 saturated carbocycles. The molecule has 0 N–H and O–H groups in total. The van der Waals surface area contributed by atoms with Gasteiger partial charge in [0.2, 0.25) is 0 Å². The summed E-state index contributed by atoms with van der Waals surface area (Å²) in [4.78, 5) is 24.4. The average molecular weight is 389 g/mol. The first-order chi connectivity index (χ1) is 9.58. The first kappa shape index (κ1) is 15.1. The van der Waals surface area contributed by atoms with Crippen LogP contribution in [0.4, 0.5) is 5.69 Å². The van der Waals surface area contributed by atoms with Gasteiger partial charge in [0.15, 0.2) is 5.78 Å². The van der Waals surface area contributed by atoms with Crippen molar-refractivity contribution in [2.24, 2.45) is 5.92 Å². The summed E-state index contributed by atoms with van der Waals surface area (Å²) in [6.07, 6.45) is 0.456. The molecule has 0 fully saturated rings. The number of ketones is 1. The fourth-order valence-electron chi connectivity index (χ4n) is 2.20. The van der Waals surface area contributed by atoms with E-state index in [4.69, 9.17) is 9.47 Å². The number of esters is 1. The molecule has 0 aromatic heterocycles. The van der Waals surface area contributed by atoms with Crippen molar-refractivity contribution < 1.29 is 19.1 Å². The Bertz CT molecular complexity index is 532. The summed E-state index contributed by atoms with van der Waals surface area (Å²) in [6, 6.07) is 5.25. The Balaban J connectivity index is 2.39. The van der Waals surface area contributed by atoms with Crippen LogP contribution in [0.25, 0.3) is 0 Å². The fraction of sp³-hybridized carbons (Fsp3) is 0.429. The van der Waals surface area contributed by atoms with E-state index in [1.54, 1.807) is 26.2 Å². The minimum atomic E-state index is -0.720. The van der Waals surface area contributed by atoms with Gasteiger partial charge in [0.05, 0.1) is 42.3 Å². The summed E-state index contributed by atoms with van der Waals surface area (Å²) in [5, 5.41) is 0. The zero-order valence-electron chi connectivity index (χ0n) is 11.4. The Morgan fingerprint density at radius 3 is 2.90 bits per heavy atom. The molecule has 0 amide bonds. The number of carbonyl (C=O) groups excluding carboxylic acids is 2. The number of anilines is 1. The molecule has 0 saturated heterocycles. The summed E-state index contributed by atoms with van der Waals surface area (Å²) in [5.41, 5.74) is 1.32. The lowest BCUT2D eigenvalue weighted by atomic mass is 9.95. The highest BCUT2D eigenvalue weighted by Crippen LogP contribution is 2.34. The molecular weight excluding hydrogens is 373 g/mol. The minimum absolute atomic E-state index is 0.180. The second-order valence-corrected chi connectivity index (χ2v) is 5.59. The van der Waals surface area contributed by atoms with Crippen molar-refractivity contribution in [3.63, 3.8) is 0 Å². The van der Waals surface area contributed by atoms with Gasteiger partial charge >= 0.3 is 5.97 Å². The van der Waals surface area contributed by atoms with Crippen molar-refractivity contribution >= 4 is 40.3 Å². The van der Waals surface area contributed by atoms with E-state index in [0.29, 0.717) is 24.3 Å². The summed E-state index contributed by atoms with van der Waals surface area (Å²) in [6.45, 7) is 2.63. The molecule has 6 heteroatoms. The zero-order chi connectivity index (χ0) is 14.7. The quantitative estimate of drug-likeness (QED) is 0.344. The van der Waals surface area contributed by atoms with E-state index in [0.717, 1.165) is 5.69 Å². The maximum Gasteiger partial charge on any atom is 0.316 e.